The first kappa shape index (κ1) is 17.8. The highest BCUT2D eigenvalue weighted by Gasteiger charge is 2.20. The van der Waals surface area contributed by atoms with E-state index in [1.165, 1.54) is 5.56 Å². The molecule has 2 rings (SSSR count). The van der Waals surface area contributed by atoms with E-state index in [2.05, 4.69) is 30.7 Å². The number of aliphatic hydroxyl groups excluding tert-OH is 1. The van der Waals surface area contributed by atoms with E-state index in [0.29, 0.717) is 12.2 Å². The van der Waals surface area contributed by atoms with Gasteiger partial charge in [0.2, 0.25) is 5.70 Å². The molecule has 0 aliphatic rings. The van der Waals surface area contributed by atoms with E-state index in [9.17, 15) is 5.11 Å². The molecule has 4 nitrogen and oxygen atoms in total. The van der Waals surface area contributed by atoms with Gasteiger partial charge in [-0.15, -0.1) is 0 Å². The number of nitrogens with zero attached hydrogens (tertiary/aromatic N) is 3. The Hall–Kier alpha value is -2.54. The Balaban J connectivity index is 2.59. The molecule has 1 heterocycles. The first-order chi connectivity index (χ1) is 11.2. The molecular formula is C20H25N3O. The summed E-state index contributed by atoms with van der Waals surface area (Å²) in [6.45, 7) is 20.4. The number of aryl methyl sites for hydroxylation is 2. The molecule has 0 saturated carbocycles. The van der Waals surface area contributed by atoms with Gasteiger partial charge in [-0.05, 0) is 42.9 Å². The fraction of sp³-hybridized carbons (Fsp3) is 0.400. The monoisotopic (exact) mass is 323 g/mol. The molecule has 1 aromatic carbocycles. The molecule has 0 saturated heterocycles. The predicted octanol–water partition coefficient (Wildman–Crippen LogP) is 5.12. The number of rotatable bonds is 3. The van der Waals surface area contributed by atoms with Crippen LogP contribution in [-0.2, 0) is 12.0 Å². The van der Waals surface area contributed by atoms with E-state index in [-0.39, 0.29) is 16.9 Å². The fourth-order valence-corrected chi connectivity index (χ4v) is 2.69. The van der Waals surface area contributed by atoms with Crippen LogP contribution >= 0.6 is 0 Å². The van der Waals surface area contributed by atoms with E-state index in [4.69, 9.17) is 6.57 Å². The van der Waals surface area contributed by atoms with Crippen molar-refractivity contribution < 1.29 is 5.11 Å². The lowest BCUT2D eigenvalue weighted by Crippen LogP contribution is -2.10. The first-order valence-electron chi connectivity index (χ1n) is 8.16. The van der Waals surface area contributed by atoms with Crippen molar-refractivity contribution in [1.82, 2.24) is 9.78 Å². The van der Waals surface area contributed by atoms with E-state index in [1.807, 2.05) is 45.0 Å². The topological polar surface area (TPSA) is 42.4 Å². The van der Waals surface area contributed by atoms with Crippen molar-refractivity contribution in [1.29, 1.82) is 0 Å². The summed E-state index contributed by atoms with van der Waals surface area (Å²) in [5.74, 6) is -0.00606. The summed E-state index contributed by atoms with van der Waals surface area (Å²) < 4.78 is 1.74. The third-order valence-corrected chi connectivity index (χ3v) is 4.31. The van der Waals surface area contributed by atoms with Crippen LogP contribution in [0.25, 0.3) is 16.3 Å². The molecule has 0 spiro atoms. The van der Waals surface area contributed by atoms with Crippen molar-refractivity contribution in [2.45, 2.75) is 53.5 Å². The van der Waals surface area contributed by atoms with Gasteiger partial charge in [-0.2, -0.15) is 5.10 Å². The minimum atomic E-state index is -0.00606. The Morgan fingerprint density at radius 3 is 2.25 bits per heavy atom. The molecule has 0 fully saturated rings. The quantitative estimate of drug-likeness (QED) is 0.629. The second-order valence-corrected chi connectivity index (χ2v) is 7.01. The minimum Gasteiger partial charge on any atom is -0.517 e. The molecule has 1 aromatic heterocycles. The van der Waals surface area contributed by atoms with Crippen LogP contribution < -0.4 is 0 Å². The van der Waals surface area contributed by atoms with Gasteiger partial charge in [-0.3, -0.25) is 4.68 Å². The van der Waals surface area contributed by atoms with E-state index in [1.54, 1.807) is 4.68 Å². The fourth-order valence-electron chi connectivity index (χ4n) is 2.69. The van der Waals surface area contributed by atoms with E-state index in [0.717, 1.165) is 16.8 Å². The highest BCUT2D eigenvalue weighted by Crippen LogP contribution is 2.30. The van der Waals surface area contributed by atoms with Crippen LogP contribution in [-0.4, -0.2) is 14.9 Å². The van der Waals surface area contributed by atoms with Crippen LogP contribution in [0.1, 0.15) is 55.8 Å². The van der Waals surface area contributed by atoms with Crippen molar-refractivity contribution in [2.75, 3.05) is 0 Å². The molecule has 4 heteroatoms. The van der Waals surface area contributed by atoms with Gasteiger partial charge < -0.3 is 5.11 Å². The SMILES string of the molecule is [C-]#[N+]/C(=C(/O)c1c(C)c(C)nn1CC)c1ccc(C(C)(C)C)cc1. The Morgan fingerprint density at radius 2 is 1.79 bits per heavy atom. The van der Waals surface area contributed by atoms with Gasteiger partial charge in [0, 0.05) is 6.54 Å². The van der Waals surface area contributed by atoms with Crippen molar-refractivity contribution in [3.8, 4) is 0 Å². The predicted molar refractivity (Wildman–Crippen MR) is 98.6 cm³/mol. The van der Waals surface area contributed by atoms with E-state index >= 15 is 0 Å². The number of hydrogen-bond acceptors (Lipinski definition) is 2. The molecule has 0 unspecified atom stereocenters. The van der Waals surface area contributed by atoms with Gasteiger partial charge >= 0.3 is 0 Å². The largest absolute Gasteiger partial charge is 0.517 e. The lowest BCUT2D eigenvalue weighted by atomic mass is 9.86. The van der Waals surface area contributed by atoms with Gasteiger partial charge in [0.05, 0.1) is 18.0 Å². The van der Waals surface area contributed by atoms with Crippen LogP contribution in [0.2, 0.25) is 0 Å². The van der Waals surface area contributed by atoms with Gasteiger partial charge in [0.25, 0.3) is 0 Å². The second-order valence-electron chi connectivity index (χ2n) is 7.01. The zero-order chi connectivity index (χ0) is 18.1. The maximum atomic E-state index is 10.8. The van der Waals surface area contributed by atoms with Crippen molar-refractivity contribution in [3.63, 3.8) is 0 Å². The molecule has 0 aliphatic heterocycles. The van der Waals surface area contributed by atoms with Crippen LogP contribution in [0, 0.1) is 20.4 Å². The van der Waals surface area contributed by atoms with Gasteiger partial charge in [0.15, 0.2) is 0 Å². The highest BCUT2D eigenvalue weighted by molar-refractivity contribution is 5.90. The van der Waals surface area contributed by atoms with Crippen LogP contribution in [0.15, 0.2) is 24.3 Å². The third-order valence-electron chi connectivity index (χ3n) is 4.31. The molecular weight excluding hydrogens is 298 g/mol. The summed E-state index contributed by atoms with van der Waals surface area (Å²) in [6.07, 6.45) is 0. The normalized spacial score (nSPS) is 12.7. The summed E-state index contributed by atoms with van der Waals surface area (Å²) in [4.78, 5) is 3.59. The smallest absolute Gasteiger partial charge is 0.237 e. The van der Waals surface area contributed by atoms with Crippen molar-refractivity contribution in [3.05, 3.63) is 63.8 Å². The first-order valence-corrected chi connectivity index (χ1v) is 8.16. The summed E-state index contributed by atoms with van der Waals surface area (Å²) in [5, 5.41) is 15.2. The molecule has 0 radical (unpaired) electrons. The van der Waals surface area contributed by atoms with Gasteiger partial charge in [-0.25, -0.2) is 4.85 Å². The zero-order valence-electron chi connectivity index (χ0n) is 15.3. The molecule has 1 N–H and O–H groups in total. The minimum absolute atomic E-state index is 0.00606. The molecule has 0 atom stereocenters. The third kappa shape index (κ3) is 3.21. The summed E-state index contributed by atoms with van der Waals surface area (Å²) in [6, 6.07) is 7.84. The van der Waals surface area contributed by atoms with Crippen LogP contribution in [0.3, 0.4) is 0 Å². The van der Waals surface area contributed by atoms with Crippen molar-refractivity contribution in [2.24, 2.45) is 0 Å². The lowest BCUT2D eigenvalue weighted by Gasteiger charge is -2.19. The number of aromatic nitrogens is 2. The number of benzene rings is 1. The maximum absolute atomic E-state index is 10.8. The zero-order valence-corrected chi connectivity index (χ0v) is 15.3. The molecule has 0 bridgehead atoms. The molecule has 0 amide bonds. The lowest BCUT2D eigenvalue weighted by molar-refractivity contribution is 0.496. The van der Waals surface area contributed by atoms with E-state index < -0.39 is 0 Å². The van der Waals surface area contributed by atoms with Gasteiger partial charge in [-0.1, -0.05) is 45.0 Å². The summed E-state index contributed by atoms with van der Waals surface area (Å²) >= 11 is 0. The average Bonchev–Trinajstić information content (AvgIpc) is 2.82. The molecule has 0 aliphatic carbocycles. The molecule has 24 heavy (non-hydrogen) atoms. The highest BCUT2D eigenvalue weighted by atomic mass is 16.3. The number of hydrogen-bond donors (Lipinski definition) is 1. The average molecular weight is 323 g/mol. The Labute approximate surface area is 144 Å². The van der Waals surface area contributed by atoms with Crippen LogP contribution in [0.4, 0.5) is 0 Å². The number of aliphatic hydroxyl groups is 1. The Morgan fingerprint density at radius 1 is 1.21 bits per heavy atom. The summed E-state index contributed by atoms with van der Waals surface area (Å²) in [5.41, 5.74) is 4.62. The Bertz CT molecular complexity index is 812. The van der Waals surface area contributed by atoms with Gasteiger partial charge in [0.1, 0.15) is 5.76 Å². The summed E-state index contributed by atoms with van der Waals surface area (Å²) in [7, 11) is 0. The van der Waals surface area contributed by atoms with Crippen LogP contribution in [0.5, 0.6) is 0 Å². The molecule has 2 aromatic rings. The maximum Gasteiger partial charge on any atom is 0.237 e. The Kier molecular flexibility index (Phi) is 4.84. The molecule has 126 valence electrons. The van der Waals surface area contributed by atoms with Crippen molar-refractivity contribution >= 4 is 11.5 Å². The second kappa shape index (κ2) is 6.52. The standard InChI is InChI=1S/C20H25N3O/c1-8-23-18(13(2)14(3)22-23)19(24)17(21-7)15-9-11-16(12-10-15)20(4,5)6/h9-12,24H,8H2,1-6H3/b19-17+.